The van der Waals surface area contributed by atoms with Crippen LogP contribution in [0.2, 0.25) is 0 Å². The molecule has 0 aliphatic carbocycles. The molecule has 0 radical (unpaired) electrons. The number of urea groups is 1. The molecule has 1 aromatic heterocycles. The number of anilines is 2. The molecule has 0 fully saturated rings. The Bertz CT molecular complexity index is 699. The third-order valence-corrected chi connectivity index (χ3v) is 3.02. The molecule has 0 saturated heterocycles. The zero-order chi connectivity index (χ0) is 16.3. The summed E-state index contributed by atoms with van der Waals surface area (Å²) in [4.78, 5) is 23.3. The molecule has 2 rings (SSSR count). The summed E-state index contributed by atoms with van der Waals surface area (Å²) in [7, 11) is 0. The van der Waals surface area contributed by atoms with E-state index in [0.717, 1.165) is 0 Å². The van der Waals surface area contributed by atoms with Gasteiger partial charge in [-0.3, -0.25) is 10.1 Å². The molecule has 0 aliphatic heterocycles. The fourth-order valence-corrected chi connectivity index (χ4v) is 1.78. The van der Waals surface area contributed by atoms with E-state index in [1.165, 1.54) is 6.92 Å². The smallest absolute Gasteiger partial charge is 0.324 e. The van der Waals surface area contributed by atoms with Gasteiger partial charge < -0.3 is 9.84 Å². The van der Waals surface area contributed by atoms with E-state index in [4.69, 9.17) is 4.52 Å². The van der Waals surface area contributed by atoms with Crippen molar-refractivity contribution in [2.45, 2.75) is 33.1 Å². The van der Waals surface area contributed by atoms with Crippen molar-refractivity contribution in [2.24, 2.45) is 0 Å². The number of aromatic nitrogens is 1. The second kappa shape index (κ2) is 6.01. The first-order valence-corrected chi connectivity index (χ1v) is 6.92. The zero-order valence-corrected chi connectivity index (χ0v) is 13.1. The number of carbonyl (C=O) groups is 2. The van der Waals surface area contributed by atoms with Crippen LogP contribution in [-0.2, 0) is 5.41 Å². The van der Waals surface area contributed by atoms with Crippen LogP contribution < -0.4 is 10.6 Å². The summed E-state index contributed by atoms with van der Waals surface area (Å²) in [6, 6.07) is 7.96. The molecule has 22 heavy (non-hydrogen) atoms. The van der Waals surface area contributed by atoms with E-state index in [-0.39, 0.29) is 11.2 Å². The van der Waals surface area contributed by atoms with Crippen LogP contribution in [0.15, 0.2) is 34.9 Å². The van der Waals surface area contributed by atoms with Crippen LogP contribution in [-0.4, -0.2) is 17.0 Å². The molecule has 0 saturated carbocycles. The lowest BCUT2D eigenvalue weighted by Crippen LogP contribution is -2.19. The first kappa shape index (κ1) is 15.8. The lowest BCUT2D eigenvalue weighted by Gasteiger charge is -2.12. The molecular formula is C16H19N3O3. The Morgan fingerprint density at radius 1 is 1.14 bits per heavy atom. The predicted octanol–water partition coefficient (Wildman–Crippen LogP) is 3.82. The van der Waals surface area contributed by atoms with Crippen LogP contribution in [0.1, 0.15) is 43.8 Å². The van der Waals surface area contributed by atoms with Gasteiger partial charge in [-0.15, -0.1) is 0 Å². The second-order valence-corrected chi connectivity index (χ2v) is 6.04. The maximum absolute atomic E-state index is 11.9. The number of carbonyl (C=O) groups excluding carboxylic acids is 2. The Hall–Kier alpha value is -2.63. The van der Waals surface area contributed by atoms with Gasteiger partial charge in [-0.2, -0.15) is 0 Å². The Morgan fingerprint density at radius 3 is 2.45 bits per heavy atom. The van der Waals surface area contributed by atoms with Crippen LogP contribution in [0, 0.1) is 0 Å². The van der Waals surface area contributed by atoms with Crippen molar-refractivity contribution in [3.63, 3.8) is 0 Å². The molecular weight excluding hydrogens is 282 g/mol. The van der Waals surface area contributed by atoms with Crippen molar-refractivity contribution in [1.82, 2.24) is 5.16 Å². The van der Waals surface area contributed by atoms with Crippen LogP contribution in [0.25, 0.3) is 0 Å². The molecule has 6 heteroatoms. The Morgan fingerprint density at radius 2 is 1.86 bits per heavy atom. The monoisotopic (exact) mass is 301 g/mol. The number of nitrogens with one attached hydrogen (secondary N) is 2. The standard InChI is InChI=1S/C16H19N3O3/c1-10(20)11-6-5-7-12(8-11)17-15(21)18-14-9-13(22-19-14)16(2,3)4/h5-9H,1-4H3,(H2,17,18,19,21). The maximum Gasteiger partial charge on any atom is 0.324 e. The van der Waals surface area contributed by atoms with Gasteiger partial charge >= 0.3 is 6.03 Å². The SMILES string of the molecule is CC(=O)c1cccc(NC(=O)Nc2cc(C(C)(C)C)on2)c1. The topological polar surface area (TPSA) is 84.2 Å². The molecule has 1 aromatic carbocycles. The van der Waals surface area contributed by atoms with E-state index >= 15 is 0 Å². The van der Waals surface area contributed by atoms with Gasteiger partial charge in [-0.1, -0.05) is 38.1 Å². The maximum atomic E-state index is 11.9. The highest BCUT2D eigenvalue weighted by molar-refractivity contribution is 6.00. The number of rotatable bonds is 3. The number of hydrogen-bond donors (Lipinski definition) is 2. The van der Waals surface area contributed by atoms with Gasteiger partial charge in [-0.25, -0.2) is 4.79 Å². The third-order valence-electron chi connectivity index (χ3n) is 3.02. The molecule has 116 valence electrons. The first-order chi connectivity index (χ1) is 10.3. The fraction of sp³-hybridized carbons (Fsp3) is 0.312. The van der Waals surface area contributed by atoms with Gasteiger partial charge in [-0.05, 0) is 19.1 Å². The molecule has 1 heterocycles. The predicted molar refractivity (Wildman–Crippen MR) is 84.3 cm³/mol. The van der Waals surface area contributed by atoms with E-state index in [1.54, 1.807) is 30.3 Å². The first-order valence-electron chi connectivity index (χ1n) is 6.92. The van der Waals surface area contributed by atoms with E-state index < -0.39 is 6.03 Å². The molecule has 0 unspecified atom stereocenters. The number of benzene rings is 1. The summed E-state index contributed by atoms with van der Waals surface area (Å²) in [6.07, 6.45) is 0. The lowest BCUT2D eigenvalue weighted by atomic mass is 9.93. The fourth-order valence-electron chi connectivity index (χ4n) is 1.78. The largest absolute Gasteiger partial charge is 0.359 e. The van der Waals surface area contributed by atoms with Gasteiger partial charge in [0.05, 0.1) is 0 Å². The number of amides is 2. The average Bonchev–Trinajstić information content (AvgIpc) is 2.87. The number of Topliss-reactive ketones (excluding diaryl/α,β-unsaturated/α-hetero) is 1. The second-order valence-electron chi connectivity index (χ2n) is 6.04. The summed E-state index contributed by atoms with van der Waals surface area (Å²) < 4.78 is 5.19. The molecule has 0 bridgehead atoms. The zero-order valence-electron chi connectivity index (χ0n) is 13.1. The van der Waals surface area contributed by atoms with E-state index in [0.29, 0.717) is 22.8 Å². The number of nitrogens with zero attached hydrogens (tertiary/aromatic N) is 1. The normalized spacial score (nSPS) is 11.1. The molecule has 2 amide bonds. The summed E-state index contributed by atoms with van der Waals surface area (Å²) in [6.45, 7) is 7.45. The van der Waals surface area contributed by atoms with Crippen molar-refractivity contribution in [3.8, 4) is 0 Å². The van der Waals surface area contributed by atoms with Crippen LogP contribution in [0.5, 0.6) is 0 Å². The average molecular weight is 301 g/mol. The van der Waals surface area contributed by atoms with Gasteiger partial charge in [0, 0.05) is 22.7 Å². The Balaban J connectivity index is 2.03. The summed E-state index contributed by atoms with van der Waals surface area (Å²) in [5, 5.41) is 9.05. The third kappa shape index (κ3) is 3.94. The van der Waals surface area contributed by atoms with Gasteiger partial charge in [0.15, 0.2) is 11.6 Å². The number of hydrogen-bond acceptors (Lipinski definition) is 4. The highest BCUT2D eigenvalue weighted by Crippen LogP contribution is 2.24. The van der Waals surface area contributed by atoms with E-state index in [9.17, 15) is 9.59 Å². The molecule has 6 nitrogen and oxygen atoms in total. The van der Waals surface area contributed by atoms with Gasteiger partial charge in [0.2, 0.25) is 0 Å². The Kier molecular flexibility index (Phi) is 4.30. The van der Waals surface area contributed by atoms with Crippen LogP contribution in [0.3, 0.4) is 0 Å². The van der Waals surface area contributed by atoms with E-state index in [2.05, 4.69) is 15.8 Å². The minimum atomic E-state index is -0.450. The van der Waals surface area contributed by atoms with Gasteiger partial charge in [0.25, 0.3) is 0 Å². The Labute approximate surface area is 128 Å². The van der Waals surface area contributed by atoms with Crippen molar-refractivity contribution < 1.29 is 14.1 Å². The molecule has 2 aromatic rings. The lowest BCUT2D eigenvalue weighted by molar-refractivity contribution is 0.101. The molecule has 2 N–H and O–H groups in total. The van der Waals surface area contributed by atoms with Crippen LogP contribution in [0.4, 0.5) is 16.3 Å². The molecule has 0 aliphatic rings. The van der Waals surface area contributed by atoms with Crippen molar-refractivity contribution >= 4 is 23.3 Å². The highest BCUT2D eigenvalue weighted by atomic mass is 16.5. The molecule has 0 atom stereocenters. The van der Waals surface area contributed by atoms with Crippen molar-refractivity contribution in [3.05, 3.63) is 41.7 Å². The summed E-state index contributed by atoms with van der Waals surface area (Å²) in [5.74, 6) is 0.960. The highest BCUT2D eigenvalue weighted by Gasteiger charge is 2.20. The quantitative estimate of drug-likeness (QED) is 0.844. The van der Waals surface area contributed by atoms with Crippen molar-refractivity contribution in [2.75, 3.05) is 10.6 Å². The summed E-state index contributed by atoms with van der Waals surface area (Å²) >= 11 is 0. The molecule has 0 spiro atoms. The van der Waals surface area contributed by atoms with Crippen LogP contribution >= 0.6 is 0 Å². The summed E-state index contributed by atoms with van der Waals surface area (Å²) in [5.41, 5.74) is 0.887. The van der Waals surface area contributed by atoms with Crippen molar-refractivity contribution in [1.29, 1.82) is 0 Å². The van der Waals surface area contributed by atoms with E-state index in [1.807, 2.05) is 20.8 Å². The number of ketones is 1. The van der Waals surface area contributed by atoms with Gasteiger partial charge in [0.1, 0.15) is 5.76 Å². The minimum absolute atomic E-state index is 0.0598. The minimum Gasteiger partial charge on any atom is -0.359 e.